The minimum absolute atomic E-state index is 0.0162. The molecule has 0 saturated heterocycles. The molecule has 0 spiro atoms. The van der Waals surface area contributed by atoms with Gasteiger partial charge >= 0.3 is 0 Å². The van der Waals surface area contributed by atoms with Crippen molar-refractivity contribution in [3.05, 3.63) is 53.6 Å². The fourth-order valence-corrected chi connectivity index (χ4v) is 9.53. The van der Waals surface area contributed by atoms with E-state index in [-0.39, 0.29) is 21.1 Å². The Morgan fingerprint density at radius 1 is 0.655 bits per heavy atom. The van der Waals surface area contributed by atoms with Crippen LogP contribution in [0.5, 0.6) is 0 Å². The normalized spacial score (nSPS) is 19.0. The highest BCUT2D eigenvalue weighted by Gasteiger charge is 2.34. The third-order valence-corrected chi connectivity index (χ3v) is 10.5. The van der Waals surface area contributed by atoms with Gasteiger partial charge in [0.1, 0.15) is 0 Å². The van der Waals surface area contributed by atoms with E-state index in [1.807, 2.05) is 18.2 Å². The van der Waals surface area contributed by atoms with Crippen molar-refractivity contribution in [1.82, 2.24) is 0 Å². The zero-order valence-corrected chi connectivity index (χ0v) is 18.4. The molecule has 2 saturated carbocycles. The molecule has 0 unspecified atom stereocenters. The lowest BCUT2D eigenvalue weighted by Gasteiger charge is -2.40. The number of benzene rings is 2. The topological polar surface area (TPSA) is 40.5 Å². The van der Waals surface area contributed by atoms with Gasteiger partial charge in [-0.15, -0.1) is 0 Å². The van der Waals surface area contributed by atoms with Crippen LogP contribution in [0.1, 0.15) is 75.3 Å². The summed E-state index contributed by atoms with van der Waals surface area (Å²) in [4.78, 5) is 0. The predicted molar refractivity (Wildman–Crippen MR) is 124 cm³/mol. The Morgan fingerprint density at radius 3 is 1.69 bits per heavy atom. The van der Waals surface area contributed by atoms with Gasteiger partial charge in [-0.2, -0.15) is 0 Å². The molecule has 2 aromatic rings. The van der Waals surface area contributed by atoms with Crippen LogP contribution >= 0.6 is 7.92 Å². The Bertz CT molecular complexity index is 751. The molecular formula is C26H35O2P. The number of rotatable bonds is 6. The molecule has 156 valence electrons. The van der Waals surface area contributed by atoms with Gasteiger partial charge in [0.2, 0.25) is 0 Å². The van der Waals surface area contributed by atoms with Crippen molar-refractivity contribution in [3.63, 3.8) is 0 Å². The zero-order valence-electron chi connectivity index (χ0n) is 17.5. The van der Waals surface area contributed by atoms with Gasteiger partial charge in [0, 0.05) is 0 Å². The standard InChI is InChI=1S/C26H35O2P/c27-18-20-10-9-11-21(19-28)26(20)24-16-7-8-17-25(24)29(22-12-3-1-4-13-22)23-14-5-2-6-15-23/h7-11,16-17,22-23,27-28H,1-6,12-15,18-19H2. The van der Waals surface area contributed by atoms with E-state index in [1.54, 1.807) is 0 Å². The van der Waals surface area contributed by atoms with Crippen LogP contribution in [0.4, 0.5) is 0 Å². The monoisotopic (exact) mass is 410 g/mol. The highest BCUT2D eigenvalue weighted by Crippen LogP contribution is 2.56. The van der Waals surface area contributed by atoms with Crippen LogP contribution in [0.2, 0.25) is 0 Å². The van der Waals surface area contributed by atoms with Crippen molar-refractivity contribution in [2.24, 2.45) is 0 Å². The van der Waals surface area contributed by atoms with E-state index in [0.717, 1.165) is 28.0 Å². The third kappa shape index (κ3) is 4.61. The quantitative estimate of drug-likeness (QED) is 0.564. The summed E-state index contributed by atoms with van der Waals surface area (Å²) in [7, 11) is -0.235. The smallest absolute Gasteiger partial charge is 0.0688 e. The van der Waals surface area contributed by atoms with Crippen LogP contribution in [0.15, 0.2) is 42.5 Å². The van der Waals surface area contributed by atoms with Gasteiger partial charge in [0.25, 0.3) is 0 Å². The molecule has 0 amide bonds. The number of hydrogen-bond acceptors (Lipinski definition) is 2. The molecule has 0 bridgehead atoms. The summed E-state index contributed by atoms with van der Waals surface area (Å²) >= 11 is 0. The van der Waals surface area contributed by atoms with E-state index in [1.165, 1.54) is 75.1 Å². The Balaban J connectivity index is 1.83. The van der Waals surface area contributed by atoms with Crippen LogP contribution in [-0.2, 0) is 13.2 Å². The van der Waals surface area contributed by atoms with Gasteiger partial charge in [-0.05, 0) is 64.6 Å². The zero-order chi connectivity index (χ0) is 20.1. The summed E-state index contributed by atoms with van der Waals surface area (Å²) in [6, 6.07) is 14.9. The Hall–Kier alpha value is -1.21. The first-order valence-corrected chi connectivity index (χ1v) is 13.0. The molecular weight excluding hydrogens is 375 g/mol. The van der Waals surface area contributed by atoms with Crippen LogP contribution in [0.3, 0.4) is 0 Å². The predicted octanol–water partition coefficient (Wildman–Crippen LogP) is 6.11. The Morgan fingerprint density at radius 2 is 1.17 bits per heavy atom. The van der Waals surface area contributed by atoms with Gasteiger partial charge in [0.05, 0.1) is 13.2 Å². The first kappa shape index (κ1) is 21.0. The molecule has 2 aromatic carbocycles. The van der Waals surface area contributed by atoms with E-state index in [9.17, 15) is 10.2 Å². The summed E-state index contributed by atoms with van der Waals surface area (Å²) in [5.41, 5.74) is 5.89. The molecule has 3 heteroatoms. The summed E-state index contributed by atoms with van der Waals surface area (Å²) in [6.07, 6.45) is 13.8. The summed E-state index contributed by atoms with van der Waals surface area (Å²) < 4.78 is 0. The molecule has 4 rings (SSSR count). The maximum atomic E-state index is 10.1. The minimum Gasteiger partial charge on any atom is -0.392 e. The molecule has 0 radical (unpaired) electrons. The van der Waals surface area contributed by atoms with Gasteiger partial charge in [-0.1, -0.05) is 88.9 Å². The average Bonchev–Trinajstić information content (AvgIpc) is 2.80. The molecule has 0 heterocycles. The maximum Gasteiger partial charge on any atom is 0.0688 e. The molecule has 2 aliphatic carbocycles. The van der Waals surface area contributed by atoms with E-state index >= 15 is 0 Å². The molecule has 2 fully saturated rings. The van der Waals surface area contributed by atoms with Crippen LogP contribution in [-0.4, -0.2) is 21.5 Å². The molecule has 2 aliphatic rings. The van der Waals surface area contributed by atoms with E-state index in [0.29, 0.717) is 0 Å². The fraction of sp³-hybridized carbons (Fsp3) is 0.538. The highest BCUT2D eigenvalue weighted by atomic mass is 31.1. The summed E-state index contributed by atoms with van der Waals surface area (Å²) in [5.74, 6) is 0. The molecule has 0 atom stereocenters. The van der Waals surface area contributed by atoms with Gasteiger partial charge in [-0.25, -0.2) is 0 Å². The fourth-order valence-electron chi connectivity index (χ4n) is 5.58. The van der Waals surface area contributed by atoms with Crippen LogP contribution < -0.4 is 5.30 Å². The van der Waals surface area contributed by atoms with Crippen LogP contribution in [0.25, 0.3) is 11.1 Å². The molecule has 2 nitrogen and oxygen atoms in total. The second-order valence-electron chi connectivity index (χ2n) is 8.78. The van der Waals surface area contributed by atoms with Gasteiger partial charge in [-0.3, -0.25) is 0 Å². The average molecular weight is 411 g/mol. The van der Waals surface area contributed by atoms with E-state index in [2.05, 4.69) is 24.3 Å². The lowest BCUT2D eigenvalue weighted by Crippen LogP contribution is -2.27. The Labute approximate surface area is 177 Å². The highest BCUT2D eigenvalue weighted by molar-refractivity contribution is 7.67. The largest absolute Gasteiger partial charge is 0.392 e. The van der Waals surface area contributed by atoms with E-state index in [4.69, 9.17) is 0 Å². The summed E-state index contributed by atoms with van der Waals surface area (Å²) in [5, 5.41) is 21.6. The second-order valence-corrected chi connectivity index (χ2v) is 11.5. The first-order chi connectivity index (χ1) is 14.3. The lowest BCUT2D eigenvalue weighted by atomic mass is 9.95. The van der Waals surface area contributed by atoms with Gasteiger partial charge in [0.15, 0.2) is 0 Å². The van der Waals surface area contributed by atoms with Crippen molar-refractivity contribution in [1.29, 1.82) is 0 Å². The maximum absolute atomic E-state index is 10.1. The Kier molecular flexibility index (Phi) is 7.40. The lowest BCUT2D eigenvalue weighted by molar-refractivity contribution is 0.276. The van der Waals surface area contributed by atoms with E-state index < -0.39 is 0 Å². The van der Waals surface area contributed by atoms with Gasteiger partial charge < -0.3 is 10.2 Å². The summed E-state index contributed by atoms with van der Waals surface area (Å²) in [6.45, 7) is 0.0323. The van der Waals surface area contributed by atoms with Crippen molar-refractivity contribution in [2.75, 3.05) is 0 Å². The molecule has 2 N–H and O–H groups in total. The van der Waals surface area contributed by atoms with Crippen molar-refractivity contribution < 1.29 is 10.2 Å². The van der Waals surface area contributed by atoms with Crippen molar-refractivity contribution in [2.45, 2.75) is 88.7 Å². The molecule has 0 aliphatic heterocycles. The minimum atomic E-state index is -0.235. The number of hydrogen-bond donors (Lipinski definition) is 2. The second kappa shape index (κ2) is 10.2. The molecule has 29 heavy (non-hydrogen) atoms. The van der Waals surface area contributed by atoms with Crippen molar-refractivity contribution in [3.8, 4) is 11.1 Å². The third-order valence-electron chi connectivity index (χ3n) is 6.97. The number of aliphatic hydroxyl groups is 2. The molecule has 0 aromatic heterocycles. The first-order valence-electron chi connectivity index (χ1n) is 11.5. The van der Waals surface area contributed by atoms with Crippen molar-refractivity contribution >= 4 is 13.2 Å². The van der Waals surface area contributed by atoms with Crippen LogP contribution in [0, 0.1) is 0 Å². The number of aliphatic hydroxyl groups excluding tert-OH is 2. The SMILES string of the molecule is OCc1cccc(CO)c1-c1ccccc1P(C1CCCCC1)C1CCCCC1.